The number of hydrogen-bond donors (Lipinski definition) is 1. The number of ether oxygens (including phenoxy) is 1. The van der Waals surface area contributed by atoms with Crippen molar-refractivity contribution in [2.45, 2.75) is 26.4 Å². The van der Waals surface area contributed by atoms with Crippen molar-refractivity contribution in [2.75, 3.05) is 27.2 Å². The maximum Gasteiger partial charge on any atom is 0.119 e. The van der Waals surface area contributed by atoms with E-state index in [1.54, 1.807) is 0 Å². The fourth-order valence-corrected chi connectivity index (χ4v) is 1.52. The van der Waals surface area contributed by atoms with Gasteiger partial charge in [0.25, 0.3) is 0 Å². The summed E-state index contributed by atoms with van der Waals surface area (Å²) in [6, 6.07) is 8.80. The van der Waals surface area contributed by atoms with Crippen molar-refractivity contribution in [2.24, 2.45) is 0 Å². The Kier molecular flexibility index (Phi) is 6.01. The lowest BCUT2D eigenvalue weighted by molar-refractivity contribution is 0.302. The molecule has 3 heteroatoms. The second-order valence-electron chi connectivity index (χ2n) is 4.52. The highest BCUT2D eigenvalue weighted by Gasteiger charge is 2.03. The predicted molar refractivity (Wildman–Crippen MR) is 72.5 cm³/mol. The fourth-order valence-electron chi connectivity index (χ4n) is 1.52. The fraction of sp³-hybridized carbons (Fsp3) is 0.571. The van der Waals surface area contributed by atoms with Gasteiger partial charge in [-0.05, 0) is 45.6 Å². The first-order chi connectivity index (χ1) is 8.13. The van der Waals surface area contributed by atoms with E-state index in [1.165, 1.54) is 5.56 Å². The van der Waals surface area contributed by atoms with Crippen molar-refractivity contribution in [1.29, 1.82) is 0 Å². The third-order valence-corrected chi connectivity index (χ3v) is 2.86. The van der Waals surface area contributed by atoms with Crippen LogP contribution in [0.1, 0.15) is 19.4 Å². The average Bonchev–Trinajstić information content (AvgIpc) is 2.29. The average molecular weight is 236 g/mol. The predicted octanol–water partition coefficient (Wildman–Crippen LogP) is 2.12. The zero-order chi connectivity index (χ0) is 12.7. The van der Waals surface area contributed by atoms with Crippen LogP contribution in [0.5, 0.6) is 5.75 Å². The molecule has 1 N–H and O–H groups in total. The molecule has 0 spiro atoms. The highest BCUT2D eigenvalue weighted by atomic mass is 16.5. The Morgan fingerprint density at radius 1 is 1.35 bits per heavy atom. The molecule has 1 unspecified atom stereocenters. The van der Waals surface area contributed by atoms with Gasteiger partial charge in [-0.1, -0.05) is 12.1 Å². The van der Waals surface area contributed by atoms with Gasteiger partial charge in [0, 0.05) is 19.1 Å². The number of nitrogens with zero attached hydrogens (tertiary/aromatic N) is 1. The number of rotatable bonds is 7. The van der Waals surface area contributed by atoms with E-state index < -0.39 is 0 Å². The van der Waals surface area contributed by atoms with E-state index >= 15 is 0 Å². The third-order valence-electron chi connectivity index (χ3n) is 2.86. The van der Waals surface area contributed by atoms with Crippen molar-refractivity contribution in [3.63, 3.8) is 0 Å². The van der Waals surface area contributed by atoms with Crippen LogP contribution in [-0.4, -0.2) is 38.2 Å². The van der Waals surface area contributed by atoms with E-state index in [2.05, 4.69) is 43.4 Å². The highest BCUT2D eigenvalue weighted by molar-refractivity contribution is 5.28. The van der Waals surface area contributed by atoms with Crippen molar-refractivity contribution in [1.82, 2.24) is 10.2 Å². The highest BCUT2D eigenvalue weighted by Crippen LogP contribution is 2.12. The Morgan fingerprint density at radius 3 is 2.76 bits per heavy atom. The Labute approximate surface area is 105 Å². The second kappa shape index (κ2) is 7.30. The lowest BCUT2D eigenvalue weighted by Crippen LogP contribution is -2.35. The van der Waals surface area contributed by atoms with Gasteiger partial charge in [-0.2, -0.15) is 0 Å². The van der Waals surface area contributed by atoms with Gasteiger partial charge in [-0.3, -0.25) is 0 Å². The minimum atomic E-state index is 0.546. The summed E-state index contributed by atoms with van der Waals surface area (Å²) < 4.78 is 5.48. The number of nitrogens with one attached hydrogen (secondary N) is 1. The SMILES string of the molecule is CCOc1cccc(CNCC(C)N(C)C)c1. The quantitative estimate of drug-likeness (QED) is 0.785. The van der Waals surface area contributed by atoms with Crippen molar-refractivity contribution < 1.29 is 4.74 Å². The van der Waals surface area contributed by atoms with E-state index in [4.69, 9.17) is 4.74 Å². The van der Waals surface area contributed by atoms with Gasteiger partial charge in [0.2, 0.25) is 0 Å². The Balaban J connectivity index is 2.38. The van der Waals surface area contributed by atoms with E-state index in [1.807, 2.05) is 19.1 Å². The molecule has 0 aromatic heterocycles. The van der Waals surface area contributed by atoms with Crippen LogP contribution in [0, 0.1) is 0 Å². The summed E-state index contributed by atoms with van der Waals surface area (Å²) in [4.78, 5) is 2.21. The Hall–Kier alpha value is -1.06. The first-order valence-electron chi connectivity index (χ1n) is 6.22. The van der Waals surface area contributed by atoms with Crippen LogP contribution < -0.4 is 10.1 Å². The molecule has 0 aliphatic heterocycles. The van der Waals surface area contributed by atoms with Crippen LogP contribution in [0.15, 0.2) is 24.3 Å². The molecule has 0 heterocycles. The molecule has 0 saturated carbocycles. The molecule has 0 saturated heterocycles. The molecule has 0 aliphatic carbocycles. The molecule has 1 rings (SSSR count). The van der Waals surface area contributed by atoms with Crippen molar-refractivity contribution in [3.8, 4) is 5.75 Å². The van der Waals surface area contributed by atoms with Gasteiger partial charge in [-0.25, -0.2) is 0 Å². The van der Waals surface area contributed by atoms with Crippen LogP contribution >= 0.6 is 0 Å². The number of benzene rings is 1. The number of likely N-dealkylation sites (N-methyl/N-ethyl adjacent to an activating group) is 1. The van der Waals surface area contributed by atoms with Crippen LogP contribution in [0.25, 0.3) is 0 Å². The lowest BCUT2D eigenvalue weighted by Gasteiger charge is -2.20. The Morgan fingerprint density at radius 2 is 2.12 bits per heavy atom. The van der Waals surface area contributed by atoms with Crippen LogP contribution in [0.3, 0.4) is 0 Å². The molecule has 96 valence electrons. The van der Waals surface area contributed by atoms with Gasteiger partial charge in [-0.15, -0.1) is 0 Å². The van der Waals surface area contributed by atoms with Crippen molar-refractivity contribution in [3.05, 3.63) is 29.8 Å². The molecule has 0 bridgehead atoms. The zero-order valence-corrected chi connectivity index (χ0v) is 11.4. The first-order valence-corrected chi connectivity index (χ1v) is 6.22. The lowest BCUT2D eigenvalue weighted by atomic mass is 10.2. The van der Waals surface area contributed by atoms with E-state index in [0.717, 1.165) is 18.8 Å². The van der Waals surface area contributed by atoms with E-state index in [-0.39, 0.29) is 0 Å². The van der Waals surface area contributed by atoms with Gasteiger partial charge >= 0.3 is 0 Å². The summed E-state index contributed by atoms with van der Waals surface area (Å²) in [6.45, 7) is 6.81. The molecule has 1 aromatic rings. The molecular formula is C14H24N2O. The maximum atomic E-state index is 5.48. The smallest absolute Gasteiger partial charge is 0.119 e. The van der Waals surface area contributed by atoms with Gasteiger partial charge in [0.1, 0.15) is 5.75 Å². The molecule has 0 amide bonds. The molecule has 0 aliphatic rings. The minimum absolute atomic E-state index is 0.546. The molecule has 17 heavy (non-hydrogen) atoms. The Bertz CT molecular complexity index is 326. The summed E-state index contributed by atoms with van der Waals surface area (Å²) >= 11 is 0. The monoisotopic (exact) mass is 236 g/mol. The standard InChI is InChI=1S/C14H24N2O/c1-5-17-14-8-6-7-13(9-14)11-15-10-12(2)16(3)4/h6-9,12,15H,5,10-11H2,1-4H3. The summed E-state index contributed by atoms with van der Waals surface area (Å²) in [6.07, 6.45) is 0. The number of hydrogen-bond acceptors (Lipinski definition) is 3. The van der Waals surface area contributed by atoms with Crippen molar-refractivity contribution >= 4 is 0 Å². The van der Waals surface area contributed by atoms with Gasteiger partial charge < -0.3 is 15.0 Å². The van der Waals surface area contributed by atoms with Crippen LogP contribution in [0.2, 0.25) is 0 Å². The minimum Gasteiger partial charge on any atom is -0.494 e. The molecule has 0 radical (unpaired) electrons. The van der Waals surface area contributed by atoms with E-state index in [9.17, 15) is 0 Å². The summed E-state index contributed by atoms with van der Waals surface area (Å²) in [7, 11) is 4.20. The topological polar surface area (TPSA) is 24.5 Å². The molecule has 1 atom stereocenters. The summed E-state index contributed by atoms with van der Waals surface area (Å²) in [5, 5.41) is 3.45. The normalized spacial score (nSPS) is 12.8. The zero-order valence-electron chi connectivity index (χ0n) is 11.4. The van der Waals surface area contributed by atoms with Crippen LogP contribution in [-0.2, 0) is 6.54 Å². The summed E-state index contributed by atoms with van der Waals surface area (Å²) in [5.74, 6) is 0.951. The third kappa shape index (κ3) is 5.20. The second-order valence-corrected chi connectivity index (χ2v) is 4.52. The largest absolute Gasteiger partial charge is 0.494 e. The van der Waals surface area contributed by atoms with Gasteiger partial charge in [0.05, 0.1) is 6.61 Å². The molecule has 1 aromatic carbocycles. The molecule has 0 fully saturated rings. The van der Waals surface area contributed by atoms with Crippen LogP contribution in [0.4, 0.5) is 0 Å². The summed E-state index contributed by atoms with van der Waals surface area (Å²) in [5.41, 5.74) is 1.27. The van der Waals surface area contributed by atoms with Gasteiger partial charge in [0.15, 0.2) is 0 Å². The maximum absolute atomic E-state index is 5.48. The van der Waals surface area contributed by atoms with E-state index in [0.29, 0.717) is 12.6 Å². The molecule has 3 nitrogen and oxygen atoms in total. The molecular weight excluding hydrogens is 212 g/mol. The first kappa shape index (κ1) is 14.0.